The third-order valence-corrected chi connectivity index (χ3v) is 3.30. The van der Waals surface area contributed by atoms with Crippen molar-refractivity contribution in [2.24, 2.45) is 11.8 Å². The van der Waals surface area contributed by atoms with Gasteiger partial charge in [-0.15, -0.1) is 0 Å². The Morgan fingerprint density at radius 3 is 2.07 bits per heavy atom. The first-order valence-corrected chi connectivity index (χ1v) is 6.49. The van der Waals surface area contributed by atoms with Crippen LogP contribution in [-0.2, 0) is 0 Å². The van der Waals surface area contributed by atoms with Gasteiger partial charge in [0.05, 0.1) is 0 Å². The molecule has 0 aromatic carbocycles. The van der Waals surface area contributed by atoms with E-state index < -0.39 is 0 Å². The minimum Gasteiger partial charge on any atom is -0.0651 e. The zero-order chi connectivity index (χ0) is 10.8. The van der Waals surface area contributed by atoms with Crippen molar-refractivity contribution < 1.29 is 0 Å². The third-order valence-electron chi connectivity index (χ3n) is 3.30. The fourth-order valence-corrected chi connectivity index (χ4v) is 1.76. The lowest BCUT2D eigenvalue weighted by Crippen LogP contribution is -1.99. The molecule has 0 aliphatic heterocycles. The van der Waals surface area contributed by atoms with Crippen LogP contribution in [0.1, 0.15) is 72.1 Å². The molecule has 14 heavy (non-hydrogen) atoms. The van der Waals surface area contributed by atoms with E-state index in [0.717, 1.165) is 18.3 Å². The third kappa shape index (κ3) is 8.59. The lowest BCUT2D eigenvalue weighted by molar-refractivity contribution is 0.394. The van der Waals surface area contributed by atoms with Gasteiger partial charge in [0.15, 0.2) is 0 Å². The molecule has 0 aliphatic rings. The topological polar surface area (TPSA) is 0 Å². The van der Waals surface area contributed by atoms with E-state index in [-0.39, 0.29) is 0 Å². The SMILES string of the molecule is [CH2]CCCCCC(C)CCC(C)CC. The molecule has 0 aliphatic carbocycles. The lowest BCUT2D eigenvalue weighted by Gasteiger charge is -2.13. The van der Waals surface area contributed by atoms with Gasteiger partial charge in [-0.05, 0) is 11.8 Å². The van der Waals surface area contributed by atoms with Crippen LogP contribution in [-0.4, -0.2) is 0 Å². The first kappa shape index (κ1) is 14.0. The summed E-state index contributed by atoms with van der Waals surface area (Å²) in [7, 11) is 0. The predicted molar refractivity (Wildman–Crippen MR) is 66.3 cm³/mol. The molecule has 0 fully saturated rings. The van der Waals surface area contributed by atoms with Crippen LogP contribution in [0.4, 0.5) is 0 Å². The van der Waals surface area contributed by atoms with E-state index in [9.17, 15) is 0 Å². The van der Waals surface area contributed by atoms with Gasteiger partial charge in [0, 0.05) is 0 Å². The van der Waals surface area contributed by atoms with Gasteiger partial charge in [0.1, 0.15) is 0 Å². The number of unbranched alkanes of at least 4 members (excludes halogenated alkanes) is 3. The predicted octanol–water partition coefficient (Wildman–Crippen LogP) is 5.23. The Morgan fingerprint density at radius 1 is 0.857 bits per heavy atom. The molecule has 0 heterocycles. The zero-order valence-corrected chi connectivity index (χ0v) is 10.5. The Morgan fingerprint density at radius 2 is 1.50 bits per heavy atom. The summed E-state index contributed by atoms with van der Waals surface area (Å²) in [4.78, 5) is 0. The van der Waals surface area contributed by atoms with Crippen molar-refractivity contribution in [2.45, 2.75) is 72.1 Å². The summed E-state index contributed by atoms with van der Waals surface area (Å²) in [6, 6.07) is 0. The van der Waals surface area contributed by atoms with Crippen LogP contribution in [0.15, 0.2) is 0 Å². The first-order chi connectivity index (χ1) is 6.70. The highest BCUT2D eigenvalue weighted by Crippen LogP contribution is 2.19. The second-order valence-corrected chi connectivity index (χ2v) is 4.90. The van der Waals surface area contributed by atoms with Gasteiger partial charge in [-0.3, -0.25) is 0 Å². The summed E-state index contributed by atoms with van der Waals surface area (Å²) in [6.45, 7) is 10.9. The molecule has 2 atom stereocenters. The lowest BCUT2D eigenvalue weighted by atomic mass is 9.93. The van der Waals surface area contributed by atoms with E-state index in [1.165, 1.54) is 44.9 Å². The van der Waals surface area contributed by atoms with Crippen molar-refractivity contribution in [3.63, 3.8) is 0 Å². The van der Waals surface area contributed by atoms with Gasteiger partial charge in [0.2, 0.25) is 0 Å². The molecular formula is C14H29. The average Bonchev–Trinajstić information content (AvgIpc) is 2.21. The summed E-state index contributed by atoms with van der Waals surface area (Å²) in [5.74, 6) is 1.87. The summed E-state index contributed by atoms with van der Waals surface area (Å²) in [5, 5.41) is 0. The summed E-state index contributed by atoms with van der Waals surface area (Å²) < 4.78 is 0. The minimum atomic E-state index is 0.928. The van der Waals surface area contributed by atoms with Gasteiger partial charge < -0.3 is 0 Å². The van der Waals surface area contributed by atoms with E-state index in [0.29, 0.717) is 0 Å². The largest absolute Gasteiger partial charge is 0.0651 e. The van der Waals surface area contributed by atoms with E-state index >= 15 is 0 Å². The number of hydrogen-bond donors (Lipinski definition) is 0. The Balaban J connectivity index is 3.23. The van der Waals surface area contributed by atoms with E-state index in [1.807, 2.05) is 0 Å². The molecule has 0 bridgehead atoms. The van der Waals surface area contributed by atoms with E-state index in [4.69, 9.17) is 0 Å². The molecule has 0 saturated heterocycles. The smallest absolute Gasteiger partial charge is 0.0443 e. The Hall–Kier alpha value is 0. The van der Waals surface area contributed by atoms with Crippen LogP contribution in [0.25, 0.3) is 0 Å². The Kier molecular flexibility index (Phi) is 9.55. The molecule has 0 nitrogen and oxygen atoms in total. The molecule has 2 unspecified atom stereocenters. The maximum Gasteiger partial charge on any atom is -0.0443 e. The summed E-state index contributed by atoms with van der Waals surface area (Å²) in [5.41, 5.74) is 0. The second kappa shape index (κ2) is 9.55. The van der Waals surface area contributed by atoms with Crippen LogP contribution < -0.4 is 0 Å². The molecule has 0 aromatic rings. The van der Waals surface area contributed by atoms with Gasteiger partial charge >= 0.3 is 0 Å². The Labute approximate surface area is 91.5 Å². The molecule has 1 radical (unpaired) electrons. The van der Waals surface area contributed by atoms with Crippen LogP contribution in [0.2, 0.25) is 0 Å². The van der Waals surface area contributed by atoms with Crippen molar-refractivity contribution in [3.8, 4) is 0 Å². The van der Waals surface area contributed by atoms with Gasteiger partial charge in [-0.2, -0.15) is 0 Å². The molecule has 0 aromatic heterocycles. The molecular weight excluding hydrogens is 168 g/mol. The zero-order valence-electron chi connectivity index (χ0n) is 10.5. The van der Waals surface area contributed by atoms with Crippen molar-refractivity contribution in [3.05, 3.63) is 6.92 Å². The highest BCUT2D eigenvalue weighted by Gasteiger charge is 2.04. The van der Waals surface area contributed by atoms with Crippen LogP contribution >= 0.6 is 0 Å². The van der Waals surface area contributed by atoms with Gasteiger partial charge in [-0.25, -0.2) is 0 Å². The highest BCUT2D eigenvalue weighted by molar-refractivity contribution is 4.58. The molecule has 0 spiro atoms. The highest BCUT2D eigenvalue weighted by atomic mass is 14.1. The molecule has 85 valence electrons. The number of hydrogen-bond acceptors (Lipinski definition) is 0. The normalized spacial score (nSPS) is 15.4. The average molecular weight is 197 g/mol. The summed E-state index contributed by atoms with van der Waals surface area (Å²) >= 11 is 0. The minimum absolute atomic E-state index is 0.928. The maximum absolute atomic E-state index is 3.87. The Bertz CT molecular complexity index is 107. The van der Waals surface area contributed by atoms with Crippen molar-refractivity contribution >= 4 is 0 Å². The molecule has 0 rings (SSSR count). The fourth-order valence-electron chi connectivity index (χ4n) is 1.76. The fraction of sp³-hybridized carbons (Fsp3) is 0.929. The number of rotatable bonds is 9. The first-order valence-electron chi connectivity index (χ1n) is 6.49. The quantitative estimate of drug-likeness (QED) is 0.444. The van der Waals surface area contributed by atoms with Crippen LogP contribution in [0.5, 0.6) is 0 Å². The van der Waals surface area contributed by atoms with E-state index in [2.05, 4.69) is 27.7 Å². The van der Waals surface area contributed by atoms with Crippen molar-refractivity contribution in [2.75, 3.05) is 0 Å². The monoisotopic (exact) mass is 197 g/mol. The van der Waals surface area contributed by atoms with Crippen molar-refractivity contribution in [1.29, 1.82) is 0 Å². The van der Waals surface area contributed by atoms with Crippen LogP contribution in [0.3, 0.4) is 0 Å². The summed E-state index contributed by atoms with van der Waals surface area (Å²) in [6.07, 6.45) is 10.9. The molecule has 0 saturated carbocycles. The van der Waals surface area contributed by atoms with Gasteiger partial charge in [0.25, 0.3) is 0 Å². The van der Waals surface area contributed by atoms with E-state index in [1.54, 1.807) is 0 Å². The second-order valence-electron chi connectivity index (χ2n) is 4.90. The molecule has 0 heteroatoms. The molecule has 0 N–H and O–H groups in total. The van der Waals surface area contributed by atoms with Crippen LogP contribution in [0, 0.1) is 18.8 Å². The molecule has 0 amide bonds. The van der Waals surface area contributed by atoms with Crippen molar-refractivity contribution in [1.82, 2.24) is 0 Å². The maximum atomic E-state index is 3.87. The van der Waals surface area contributed by atoms with Gasteiger partial charge in [-0.1, -0.05) is 79.1 Å². The standard InChI is InChI=1S/C14H29/c1-5-7-8-9-10-14(4)12-11-13(3)6-2/h13-14H,1,5-12H2,2-4H3.